The van der Waals surface area contributed by atoms with Gasteiger partial charge >= 0.3 is 12.1 Å². The van der Waals surface area contributed by atoms with Crippen molar-refractivity contribution in [3.63, 3.8) is 0 Å². The number of amides is 3. The number of carbonyl (C=O) groups is 2. The molecule has 1 saturated heterocycles. The highest BCUT2D eigenvalue weighted by Gasteiger charge is 2.24. The van der Waals surface area contributed by atoms with Crippen LogP contribution in [0.25, 0.3) is 0 Å². The van der Waals surface area contributed by atoms with Gasteiger partial charge in [0.15, 0.2) is 0 Å². The van der Waals surface area contributed by atoms with E-state index in [0.29, 0.717) is 31.9 Å². The van der Waals surface area contributed by atoms with Crippen LogP contribution in [0.3, 0.4) is 0 Å². The molecule has 0 unspecified atom stereocenters. The number of hydrogen-bond donors (Lipinski definition) is 1. The van der Waals surface area contributed by atoms with E-state index in [2.05, 4.69) is 24.1 Å². The second kappa shape index (κ2) is 10.3. The predicted octanol–water partition coefficient (Wildman–Crippen LogP) is 4.08. The second-order valence-electron chi connectivity index (χ2n) is 6.77. The first kappa shape index (κ1) is 21.1. The molecule has 7 nitrogen and oxygen atoms in total. The number of cyclic esters (lactones) is 1. The highest BCUT2D eigenvalue weighted by molar-refractivity contribution is 7.09. The first-order chi connectivity index (χ1) is 14.1. The molecule has 1 aliphatic rings. The van der Waals surface area contributed by atoms with E-state index in [0.717, 1.165) is 30.2 Å². The number of nitrogens with zero attached hydrogens (tertiary/aromatic N) is 3. The molecular formula is C21H28N4O3S. The predicted molar refractivity (Wildman–Crippen MR) is 117 cm³/mol. The number of benzene rings is 1. The van der Waals surface area contributed by atoms with Crippen LogP contribution in [0.4, 0.5) is 21.0 Å². The lowest BCUT2D eigenvalue weighted by atomic mass is 10.2. The molecule has 29 heavy (non-hydrogen) atoms. The van der Waals surface area contributed by atoms with Gasteiger partial charge in [-0.25, -0.2) is 9.59 Å². The minimum atomic E-state index is -0.355. The van der Waals surface area contributed by atoms with Gasteiger partial charge in [-0.05, 0) is 42.7 Å². The first-order valence-corrected chi connectivity index (χ1v) is 10.8. The van der Waals surface area contributed by atoms with E-state index in [4.69, 9.17) is 4.74 Å². The summed E-state index contributed by atoms with van der Waals surface area (Å²) >= 11 is 1.65. The molecule has 3 rings (SSSR count). The van der Waals surface area contributed by atoms with Crippen LogP contribution in [0.2, 0.25) is 0 Å². The Hall–Kier alpha value is -2.58. The zero-order valence-electron chi connectivity index (χ0n) is 17.0. The van der Waals surface area contributed by atoms with Crippen molar-refractivity contribution in [3.05, 3.63) is 46.7 Å². The van der Waals surface area contributed by atoms with Gasteiger partial charge in [0, 0.05) is 29.3 Å². The van der Waals surface area contributed by atoms with Crippen molar-refractivity contribution in [2.24, 2.45) is 0 Å². The molecule has 1 aromatic heterocycles. The Kier molecular flexibility index (Phi) is 7.48. The van der Waals surface area contributed by atoms with Gasteiger partial charge in [-0.3, -0.25) is 4.90 Å². The van der Waals surface area contributed by atoms with Crippen molar-refractivity contribution in [3.8, 4) is 0 Å². The Bertz CT molecular complexity index is 808. The van der Waals surface area contributed by atoms with E-state index in [-0.39, 0.29) is 12.1 Å². The molecule has 0 bridgehead atoms. The summed E-state index contributed by atoms with van der Waals surface area (Å²) < 4.78 is 5.00. The molecule has 0 saturated carbocycles. The van der Waals surface area contributed by atoms with Crippen molar-refractivity contribution < 1.29 is 14.3 Å². The molecule has 0 radical (unpaired) electrons. The molecule has 0 spiro atoms. The summed E-state index contributed by atoms with van der Waals surface area (Å²) in [6.45, 7) is 9.11. The summed E-state index contributed by atoms with van der Waals surface area (Å²) in [6, 6.07) is 11.2. The van der Waals surface area contributed by atoms with Crippen LogP contribution < -0.4 is 10.2 Å². The van der Waals surface area contributed by atoms with Gasteiger partial charge in [0.05, 0.1) is 13.1 Å². The number of thiophene rings is 1. The summed E-state index contributed by atoms with van der Waals surface area (Å²) in [4.78, 5) is 31.7. The second-order valence-corrected chi connectivity index (χ2v) is 7.81. The summed E-state index contributed by atoms with van der Waals surface area (Å²) in [7, 11) is 0. The smallest absolute Gasteiger partial charge is 0.414 e. The van der Waals surface area contributed by atoms with E-state index in [1.54, 1.807) is 22.3 Å². The molecule has 1 aliphatic heterocycles. The van der Waals surface area contributed by atoms with Crippen molar-refractivity contribution in [2.45, 2.75) is 20.4 Å². The number of rotatable bonds is 9. The molecule has 3 amide bonds. The first-order valence-electron chi connectivity index (χ1n) is 9.95. The summed E-state index contributed by atoms with van der Waals surface area (Å²) in [5.41, 5.74) is 1.38. The average Bonchev–Trinajstić information content (AvgIpc) is 3.39. The Morgan fingerprint density at radius 3 is 2.69 bits per heavy atom. The Labute approximate surface area is 175 Å². The fourth-order valence-electron chi connectivity index (χ4n) is 3.23. The quantitative estimate of drug-likeness (QED) is 0.669. The van der Waals surface area contributed by atoms with Gasteiger partial charge in [-0.15, -0.1) is 11.3 Å². The highest BCUT2D eigenvalue weighted by Crippen LogP contribution is 2.23. The minimum absolute atomic E-state index is 0.147. The molecule has 0 aliphatic carbocycles. The number of carbonyl (C=O) groups excluding carboxylic acids is 2. The monoisotopic (exact) mass is 416 g/mol. The van der Waals surface area contributed by atoms with Gasteiger partial charge in [0.1, 0.15) is 6.61 Å². The van der Waals surface area contributed by atoms with E-state index in [1.165, 1.54) is 0 Å². The van der Waals surface area contributed by atoms with E-state index >= 15 is 0 Å². The normalized spacial score (nSPS) is 13.6. The van der Waals surface area contributed by atoms with Gasteiger partial charge < -0.3 is 19.9 Å². The van der Waals surface area contributed by atoms with E-state index in [1.807, 2.05) is 40.6 Å². The molecule has 0 atom stereocenters. The fraction of sp³-hybridized carbons (Fsp3) is 0.429. The van der Waals surface area contributed by atoms with Crippen LogP contribution in [-0.2, 0) is 11.3 Å². The van der Waals surface area contributed by atoms with Crippen LogP contribution >= 0.6 is 11.3 Å². The SMILES string of the molecule is CCN(CC)CCN(Cc1cccs1)C(=O)Nc1cccc(N2CCOC2=O)c1. The molecule has 1 fully saturated rings. The maximum absolute atomic E-state index is 13.0. The van der Waals surface area contributed by atoms with Crippen molar-refractivity contribution in [1.82, 2.24) is 9.80 Å². The zero-order chi connectivity index (χ0) is 20.6. The third-order valence-corrected chi connectivity index (χ3v) is 5.83. The van der Waals surface area contributed by atoms with Gasteiger partial charge in [0.25, 0.3) is 0 Å². The van der Waals surface area contributed by atoms with Gasteiger partial charge in [-0.1, -0.05) is 26.0 Å². The van der Waals surface area contributed by atoms with Crippen LogP contribution in [0, 0.1) is 0 Å². The topological polar surface area (TPSA) is 65.1 Å². The number of nitrogens with one attached hydrogen (secondary N) is 1. The lowest BCUT2D eigenvalue weighted by Gasteiger charge is -2.26. The molecular weight excluding hydrogens is 388 g/mol. The van der Waals surface area contributed by atoms with Crippen LogP contribution in [0.15, 0.2) is 41.8 Å². The molecule has 2 aromatic rings. The van der Waals surface area contributed by atoms with E-state index < -0.39 is 0 Å². The van der Waals surface area contributed by atoms with Crippen molar-refractivity contribution in [1.29, 1.82) is 0 Å². The van der Waals surface area contributed by atoms with Gasteiger partial charge in [0.2, 0.25) is 0 Å². The van der Waals surface area contributed by atoms with Crippen molar-refractivity contribution in [2.75, 3.05) is 49.5 Å². The largest absolute Gasteiger partial charge is 0.447 e. The highest BCUT2D eigenvalue weighted by atomic mass is 32.1. The Morgan fingerprint density at radius 1 is 1.21 bits per heavy atom. The number of urea groups is 1. The molecule has 1 aromatic carbocycles. The number of likely N-dealkylation sites (N-methyl/N-ethyl adjacent to an activating group) is 1. The fourth-order valence-corrected chi connectivity index (χ4v) is 3.95. The van der Waals surface area contributed by atoms with E-state index in [9.17, 15) is 9.59 Å². The Balaban J connectivity index is 1.69. The van der Waals surface area contributed by atoms with Gasteiger partial charge in [-0.2, -0.15) is 0 Å². The maximum Gasteiger partial charge on any atom is 0.414 e. The molecule has 1 N–H and O–H groups in total. The summed E-state index contributed by atoms with van der Waals surface area (Å²) in [5.74, 6) is 0. The van der Waals surface area contributed by atoms with Crippen LogP contribution in [-0.4, -0.2) is 61.3 Å². The number of hydrogen-bond acceptors (Lipinski definition) is 5. The maximum atomic E-state index is 13.0. The molecule has 2 heterocycles. The third-order valence-electron chi connectivity index (χ3n) is 4.96. The number of ether oxygens (including phenoxy) is 1. The van der Waals surface area contributed by atoms with Crippen LogP contribution in [0.5, 0.6) is 0 Å². The molecule has 156 valence electrons. The standard InChI is InChI=1S/C21H28N4O3S/c1-3-23(4-2)10-11-24(16-19-9-6-14-29-19)20(26)22-17-7-5-8-18(15-17)25-12-13-28-21(25)27/h5-9,14-15H,3-4,10-13,16H2,1-2H3,(H,22,26). The lowest BCUT2D eigenvalue weighted by molar-refractivity contribution is 0.181. The summed E-state index contributed by atoms with van der Waals surface area (Å²) in [6.07, 6.45) is -0.355. The zero-order valence-corrected chi connectivity index (χ0v) is 17.8. The molecule has 8 heteroatoms. The third kappa shape index (κ3) is 5.71. The summed E-state index contributed by atoms with van der Waals surface area (Å²) in [5, 5.41) is 5.01. The average molecular weight is 417 g/mol. The minimum Gasteiger partial charge on any atom is -0.447 e. The lowest BCUT2D eigenvalue weighted by Crippen LogP contribution is -2.40. The Morgan fingerprint density at radius 2 is 2.03 bits per heavy atom. The number of anilines is 2. The van der Waals surface area contributed by atoms with Crippen molar-refractivity contribution >= 4 is 34.8 Å². The van der Waals surface area contributed by atoms with Crippen LogP contribution in [0.1, 0.15) is 18.7 Å².